The van der Waals surface area contributed by atoms with E-state index in [1.807, 2.05) is 19.0 Å². The van der Waals surface area contributed by atoms with Crippen LogP contribution < -0.4 is 0 Å². The first-order valence-electron chi connectivity index (χ1n) is 6.39. The van der Waals surface area contributed by atoms with Gasteiger partial charge in [-0.2, -0.15) is 13.2 Å². The van der Waals surface area contributed by atoms with Crippen LogP contribution in [0.1, 0.15) is 22.3 Å². The number of nitrogens with zero attached hydrogens (tertiary/aromatic N) is 2. The van der Waals surface area contributed by atoms with Gasteiger partial charge in [-0.3, -0.25) is 4.79 Å². The summed E-state index contributed by atoms with van der Waals surface area (Å²) in [5.41, 5.74) is -1.46. The molecule has 0 radical (unpaired) electrons. The molecular weight excluding hydrogens is 288 g/mol. The molecule has 0 spiro atoms. The van der Waals surface area contributed by atoms with Crippen molar-refractivity contribution in [1.82, 2.24) is 9.80 Å². The molecule has 0 aromatic heterocycles. The van der Waals surface area contributed by atoms with Crippen LogP contribution in [0.25, 0.3) is 0 Å². The van der Waals surface area contributed by atoms with Crippen molar-refractivity contribution in [3.63, 3.8) is 0 Å². The van der Waals surface area contributed by atoms with Gasteiger partial charge in [0.1, 0.15) is 5.82 Å². The summed E-state index contributed by atoms with van der Waals surface area (Å²) in [5.74, 6) is -1.70. The van der Waals surface area contributed by atoms with Crippen molar-refractivity contribution < 1.29 is 22.4 Å². The van der Waals surface area contributed by atoms with E-state index < -0.39 is 23.5 Å². The molecule has 1 amide bonds. The highest BCUT2D eigenvalue weighted by Gasteiger charge is 2.32. The highest BCUT2D eigenvalue weighted by atomic mass is 19.4. The third-order valence-electron chi connectivity index (χ3n) is 2.92. The lowest BCUT2D eigenvalue weighted by molar-refractivity contribution is -0.137. The van der Waals surface area contributed by atoms with E-state index in [1.54, 1.807) is 0 Å². The van der Waals surface area contributed by atoms with Crippen LogP contribution in [0.3, 0.4) is 0 Å². The SMILES string of the molecule is CN(C)CCCN(C)C(=O)c1cc(F)cc(C(F)(F)F)c1. The van der Waals surface area contributed by atoms with Crippen molar-refractivity contribution in [1.29, 1.82) is 0 Å². The van der Waals surface area contributed by atoms with Gasteiger partial charge in [0.15, 0.2) is 0 Å². The molecule has 0 heterocycles. The molecule has 0 aliphatic heterocycles. The van der Waals surface area contributed by atoms with Crippen LogP contribution in [0.15, 0.2) is 18.2 Å². The predicted molar refractivity (Wildman–Crippen MR) is 71.5 cm³/mol. The third kappa shape index (κ3) is 5.34. The van der Waals surface area contributed by atoms with Gasteiger partial charge in [-0.15, -0.1) is 0 Å². The third-order valence-corrected chi connectivity index (χ3v) is 2.92. The summed E-state index contributed by atoms with van der Waals surface area (Å²) < 4.78 is 51.1. The molecule has 7 heteroatoms. The van der Waals surface area contributed by atoms with Crippen molar-refractivity contribution in [3.05, 3.63) is 35.1 Å². The standard InChI is InChI=1S/C14H18F4N2O/c1-19(2)5-4-6-20(3)13(21)10-7-11(14(16,17)18)9-12(15)8-10/h7-9H,4-6H2,1-3H3. The number of rotatable bonds is 5. The van der Waals surface area contributed by atoms with E-state index in [1.165, 1.54) is 11.9 Å². The molecule has 118 valence electrons. The zero-order valence-corrected chi connectivity index (χ0v) is 12.2. The average molecular weight is 306 g/mol. The fourth-order valence-corrected chi connectivity index (χ4v) is 1.82. The highest BCUT2D eigenvalue weighted by molar-refractivity contribution is 5.94. The fraction of sp³-hybridized carbons (Fsp3) is 0.500. The molecule has 0 saturated heterocycles. The number of halogens is 4. The number of benzene rings is 1. The lowest BCUT2D eigenvalue weighted by atomic mass is 10.1. The second-order valence-electron chi connectivity index (χ2n) is 5.11. The van der Waals surface area contributed by atoms with Gasteiger partial charge in [0, 0.05) is 19.2 Å². The van der Waals surface area contributed by atoms with E-state index >= 15 is 0 Å². The lowest BCUT2D eigenvalue weighted by Gasteiger charge is -2.19. The van der Waals surface area contributed by atoms with Crippen LogP contribution >= 0.6 is 0 Å². The fourth-order valence-electron chi connectivity index (χ4n) is 1.82. The van der Waals surface area contributed by atoms with E-state index in [4.69, 9.17) is 0 Å². The Bertz CT molecular complexity index is 500. The van der Waals surface area contributed by atoms with E-state index in [2.05, 4.69) is 0 Å². The van der Waals surface area contributed by atoms with Gasteiger partial charge in [0.05, 0.1) is 5.56 Å². The minimum absolute atomic E-state index is 0.297. The highest BCUT2D eigenvalue weighted by Crippen LogP contribution is 2.30. The molecule has 21 heavy (non-hydrogen) atoms. The van der Waals surface area contributed by atoms with E-state index in [0.717, 1.165) is 12.6 Å². The van der Waals surface area contributed by atoms with Gasteiger partial charge in [0.25, 0.3) is 5.91 Å². The number of hydrogen-bond acceptors (Lipinski definition) is 2. The Morgan fingerprint density at radius 2 is 1.71 bits per heavy atom. The van der Waals surface area contributed by atoms with Gasteiger partial charge >= 0.3 is 6.18 Å². The Hall–Kier alpha value is -1.63. The smallest absolute Gasteiger partial charge is 0.342 e. The Kier molecular flexibility index (Phi) is 5.71. The minimum Gasteiger partial charge on any atom is -0.342 e. The van der Waals surface area contributed by atoms with Gasteiger partial charge in [-0.05, 0) is 45.3 Å². The number of carbonyl (C=O) groups excluding carboxylic acids is 1. The molecule has 1 rings (SSSR count). The molecule has 0 aliphatic carbocycles. The van der Waals surface area contributed by atoms with E-state index in [0.29, 0.717) is 25.1 Å². The molecule has 3 nitrogen and oxygen atoms in total. The Morgan fingerprint density at radius 1 is 1.10 bits per heavy atom. The molecule has 0 unspecified atom stereocenters. The largest absolute Gasteiger partial charge is 0.416 e. The number of amides is 1. The monoisotopic (exact) mass is 306 g/mol. The molecule has 0 N–H and O–H groups in total. The topological polar surface area (TPSA) is 23.6 Å². The Morgan fingerprint density at radius 3 is 2.24 bits per heavy atom. The van der Waals surface area contributed by atoms with Crippen LogP contribution in [0.5, 0.6) is 0 Å². The minimum atomic E-state index is -4.68. The van der Waals surface area contributed by atoms with Crippen LogP contribution in [-0.4, -0.2) is 49.9 Å². The first kappa shape index (κ1) is 17.4. The van der Waals surface area contributed by atoms with Crippen molar-refractivity contribution in [2.24, 2.45) is 0 Å². The van der Waals surface area contributed by atoms with Crippen molar-refractivity contribution in [3.8, 4) is 0 Å². The second-order valence-corrected chi connectivity index (χ2v) is 5.11. The van der Waals surface area contributed by atoms with Gasteiger partial charge in [-0.1, -0.05) is 0 Å². The molecule has 0 saturated carbocycles. The summed E-state index contributed by atoms with van der Waals surface area (Å²) in [6.07, 6.45) is -4.00. The zero-order valence-electron chi connectivity index (χ0n) is 12.2. The summed E-state index contributed by atoms with van der Waals surface area (Å²) in [5, 5.41) is 0. The van der Waals surface area contributed by atoms with E-state index in [-0.39, 0.29) is 5.56 Å². The van der Waals surface area contributed by atoms with Crippen LogP contribution in [0.2, 0.25) is 0 Å². The molecule has 0 bridgehead atoms. The average Bonchev–Trinajstić information content (AvgIpc) is 2.35. The molecule has 0 aliphatic rings. The van der Waals surface area contributed by atoms with E-state index in [9.17, 15) is 22.4 Å². The Labute approximate surface area is 121 Å². The number of carbonyl (C=O) groups is 1. The molecule has 0 atom stereocenters. The summed E-state index contributed by atoms with van der Waals surface area (Å²) in [6, 6.07) is 1.87. The second kappa shape index (κ2) is 6.89. The van der Waals surface area contributed by atoms with Crippen molar-refractivity contribution in [2.75, 3.05) is 34.2 Å². The maximum Gasteiger partial charge on any atom is 0.416 e. The van der Waals surface area contributed by atoms with Crippen LogP contribution in [-0.2, 0) is 6.18 Å². The molecule has 0 fully saturated rings. The Balaban J connectivity index is 2.84. The summed E-state index contributed by atoms with van der Waals surface area (Å²) in [4.78, 5) is 15.3. The zero-order chi connectivity index (χ0) is 16.2. The molecular formula is C14H18F4N2O. The lowest BCUT2D eigenvalue weighted by Crippen LogP contribution is -2.30. The van der Waals surface area contributed by atoms with Crippen molar-refractivity contribution in [2.45, 2.75) is 12.6 Å². The summed E-state index contributed by atoms with van der Waals surface area (Å²) >= 11 is 0. The van der Waals surface area contributed by atoms with Crippen LogP contribution in [0, 0.1) is 5.82 Å². The van der Waals surface area contributed by atoms with Gasteiger partial charge in [-0.25, -0.2) is 4.39 Å². The predicted octanol–water partition coefficient (Wildman–Crippen LogP) is 2.87. The molecule has 1 aromatic carbocycles. The maximum atomic E-state index is 13.3. The van der Waals surface area contributed by atoms with Crippen molar-refractivity contribution >= 4 is 5.91 Å². The van der Waals surface area contributed by atoms with Gasteiger partial charge < -0.3 is 9.80 Å². The first-order chi connectivity index (χ1) is 9.61. The van der Waals surface area contributed by atoms with Gasteiger partial charge in [0.2, 0.25) is 0 Å². The van der Waals surface area contributed by atoms with Crippen LogP contribution in [0.4, 0.5) is 17.6 Å². The maximum absolute atomic E-state index is 13.3. The summed E-state index contributed by atoms with van der Waals surface area (Å²) in [7, 11) is 5.24. The number of alkyl halides is 3. The molecule has 1 aromatic rings. The summed E-state index contributed by atoms with van der Waals surface area (Å²) in [6.45, 7) is 1.13. The quantitative estimate of drug-likeness (QED) is 0.781. The first-order valence-corrected chi connectivity index (χ1v) is 6.39. The number of hydrogen-bond donors (Lipinski definition) is 0. The normalized spacial score (nSPS) is 11.8.